The van der Waals surface area contributed by atoms with Crippen LogP contribution in [0.2, 0.25) is 0 Å². The van der Waals surface area contributed by atoms with Crippen LogP contribution in [0.3, 0.4) is 0 Å². The fourth-order valence-corrected chi connectivity index (χ4v) is 2.68. The molecular weight excluding hydrogens is 258 g/mol. The topological polar surface area (TPSA) is 75.6 Å². The van der Waals surface area contributed by atoms with Crippen LogP contribution in [0.4, 0.5) is 0 Å². The number of amides is 1. The summed E-state index contributed by atoms with van der Waals surface area (Å²) in [6, 6.07) is 6.68. The molecule has 20 heavy (non-hydrogen) atoms. The fourth-order valence-electron chi connectivity index (χ4n) is 2.68. The molecule has 0 aromatic heterocycles. The number of ether oxygens (including phenoxy) is 1. The quantitative estimate of drug-likeness (QED) is 0.873. The molecule has 1 aliphatic heterocycles. The van der Waals surface area contributed by atoms with Gasteiger partial charge in [-0.1, -0.05) is 18.2 Å². The highest BCUT2D eigenvalue weighted by molar-refractivity contribution is 5.89. The molecule has 2 aliphatic rings. The average molecular weight is 275 g/mol. The summed E-state index contributed by atoms with van der Waals surface area (Å²) in [4.78, 5) is 23.6. The monoisotopic (exact) mass is 275 g/mol. The number of aliphatic carboxylic acids is 1. The highest BCUT2D eigenvalue weighted by Crippen LogP contribution is 2.35. The van der Waals surface area contributed by atoms with E-state index in [0.717, 1.165) is 24.2 Å². The number of carbonyl (C=O) groups is 2. The van der Waals surface area contributed by atoms with Crippen molar-refractivity contribution in [3.63, 3.8) is 0 Å². The molecule has 0 saturated heterocycles. The largest absolute Gasteiger partial charge is 0.493 e. The highest BCUT2D eigenvalue weighted by Gasteiger charge is 2.39. The smallest absolute Gasteiger partial charge is 0.326 e. The second-order valence-electron chi connectivity index (χ2n) is 5.39. The van der Waals surface area contributed by atoms with E-state index in [9.17, 15) is 14.7 Å². The third-order valence-corrected chi connectivity index (χ3v) is 3.93. The molecule has 0 radical (unpaired) electrons. The number of hydrogen-bond donors (Lipinski definition) is 2. The SMILES string of the molecule is O=C(NC(C(=O)O)C1CC1)C1CCOc2ccccc21. The van der Waals surface area contributed by atoms with E-state index in [1.54, 1.807) is 0 Å². The van der Waals surface area contributed by atoms with Crippen molar-refractivity contribution in [1.29, 1.82) is 0 Å². The van der Waals surface area contributed by atoms with Gasteiger partial charge in [0.25, 0.3) is 0 Å². The van der Waals surface area contributed by atoms with E-state index in [2.05, 4.69) is 5.32 Å². The van der Waals surface area contributed by atoms with Crippen molar-refractivity contribution in [1.82, 2.24) is 5.32 Å². The average Bonchev–Trinajstić information content (AvgIpc) is 3.28. The van der Waals surface area contributed by atoms with Crippen molar-refractivity contribution in [3.8, 4) is 5.75 Å². The van der Waals surface area contributed by atoms with E-state index in [0.29, 0.717) is 13.0 Å². The molecule has 1 heterocycles. The minimum Gasteiger partial charge on any atom is -0.493 e. The molecule has 1 aromatic carbocycles. The van der Waals surface area contributed by atoms with Gasteiger partial charge in [0, 0.05) is 5.56 Å². The lowest BCUT2D eigenvalue weighted by molar-refractivity contribution is -0.142. The first-order chi connectivity index (χ1) is 9.66. The Morgan fingerprint density at radius 2 is 2.00 bits per heavy atom. The summed E-state index contributed by atoms with van der Waals surface area (Å²) in [5.74, 6) is -0.662. The van der Waals surface area contributed by atoms with Crippen LogP contribution in [0.1, 0.15) is 30.7 Å². The number of carboxylic acids is 1. The first kappa shape index (κ1) is 13.0. The van der Waals surface area contributed by atoms with Gasteiger partial charge >= 0.3 is 5.97 Å². The number of carboxylic acid groups (broad SMARTS) is 1. The van der Waals surface area contributed by atoms with E-state index >= 15 is 0 Å². The third kappa shape index (κ3) is 2.48. The van der Waals surface area contributed by atoms with Crippen LogP contribution in [0, 0.1) is 5.92 Å². The molecule has 106 valence electrons. The zero-order valence-electron chi connectivity index (χ0n) is 11.0. The number of hydrogen-bond acceptors (Lipinski definition) is 3. The Bertz CT molecular complexity index is 538. The van der Waals surface area contributed by atoms with Gasteiger partial charge in [-0.15, -0.1) is 0 Å². The van der Waals surface area contributed by atoms with Crippen molar-refractivity contribution in [2.45, 2.75) is 31.2 Å². The van der Waals surface area contributed by atoms with Gasteiger partial charge in [-0.3, -0.25) is 4.79 Å². The van der Waals surface area contributed by atoms with Crippen molar-refractivity contribution >= 4 is 11.9 Å². The summed E-state index contributed by atoms with van der Waals surface area (Å²) in [7, 11) is 0. The maximum Gasteiger partial charge on any atom is 0.326 e. The molecule has 2 N–H and O–H groups in total. The van der Waals surface area contributed by atoms with E-state index in [1.165, 1.54) is 0 Å². The highest BCUT2D eigenvalue weighted by atomic mass is 16.5. The lowest BCUT2D eigenvalue weighted by Crippen LogP contribution is -2.45. The Kier molecular flexibility index (Phi) is 3.34. The predicted molar refractivity (Wildman–Crippen MR) is 71.6 cm³/mol. The summed E-state index contributed by atoms with van der Waals surface area (Å²) >= 11 is 0. The van der Waals surface area contributed by atoms with Gasteiger partial charge in [-0.25, -0.2) is 4.79 Å². The van der Waals surface area contributed by atoms with E-state index in [-0.39, 0.29) is 17.7 Å². The first-order valence-corrected chi connectivity index (χ1v) is 6.91. The summed E-state index contributed by atoms with van der Waals surface area (Å²) in [5.41, 5.74) is 0.844. The number of carbonyl (C=O) groups excluding carboxylic acids is 1. The number of benzene rings is 1. The Hall–Kier alpha value is -2.04. The number of nitrogens with one attached hydrogen (secondary N) is 1. The van der Waals surface area contributed by atoms with Crippen molar-refractivity contribution in [2.24, 2.45) is 5.92 Å². The molecule has 0 bridgehead atoms. The van der Waals surface area contributed by atoms with Crippen LogP contribution in [0.5, 0.6) is 5.75 Å². The van der Waals surface area contributed by atoms with Gasteiger partial charge in [-0.05, 0) is 31.2 Å². The lowest BCUT2D eigenvalue weighted by Gasteiger charge is -2.26. The van der Waals surface area contributed by atoms with Crippen LogP contribution in [0.15, 0.2) is 24.3 Å². The van der Waals surface area contributed by atoms with Crippen LogP contribution in [-0.2, 0) is 9.59 Å². The maximum atomic E-state index is 12.4. The standard InChI is InChI=1S/C15H17NO4/c17-14(16-13(15(18)19)9-5-6-9)11-7-8-20-12-4-2-1-3-10(11)12/h1-4,9,11,13H,5-8H2,(H,16,17)(H,18,19). The second kappa shape index (κ2) is 5.15. The van der Waals surface area contributed by atoms with Gasteiger partial charge in [-0.2, -0.15) is 0 Å². The molecule has 5 nitrogen and oxygen atoms in total. The van der Waals surface area contributed by atoms with Crippen LogP contribution < -0.4 is 10.1 Å². The number of fused-ring (bicyclic) bond motifs is 1. The third-order valence-electron chi connectivity index (χ3n) is 3.93. The van der Waals surface area contributed by atoms with Crippen molar-refractivity contribution < 1.29 is 19.4 Å². The molecule has 1 fully saturated rings. The zero-order chi connectivity index (χ0) is 14.1. The minimum absolute atomic E-state index is 0.0894. The fraction of sp³-hybridized carbons (Fsp3) is 0.467. The molecule has 1 aromatic rings. The normalized spacial score (nSPS) is 22.3. The zero-order valence-corrected chi connectivity index (χ0v) is 11.0. The summed E-state index contributed by atoms with van der Waals surface area (Å²) < 4.78 is 5.52. The molecule has 3 rings (SSSR count). The predicted octanol–water partition coefficient (Wildman–Crippen LogP) is 1.53. The maximum absolute atomic E-state index is 12.4. The number of para-hydroxylation sites is 1. The van der Waals surface area contributed by atoms with E-state index in [4.69, 9.17) is 4.74 Å². The summed E-state index contributed by atoms with van der Waals surface area (Å²) in [6.45, 7) is 0.482. The van der Waals surface area contributed by atoms with Crippen LogP contribution in [0.25, 0.3) is 0 Å². The van der Waals surface area contributed by atoms with E-state index < -0.39 is 12.0 Å². The van der Waals surface area contributed by atoms with E-state index in [1.807, 2.05) is 24.3 Å². The number of rotatable bonds is 4. The Morgan fingerprint density at radius 1 is 1.25 bits per heavy atom. The molecule has 2 unspecified atom stereocenters. The van der Waals surface area contributed by atoms with Gasteiger partial charge < -0.3 is 15.2 Å². The molecular formula is C15H17NO4. The van der Waals surface area contributed by atoms with Crippen molar-refractivity contribution in [2.75, 3.05) is 6.61 Å². The first-order valence-electron chi connectivity index (χ1n) is 6.91. The summed E-state index contributed by atoms with van der Waals surface area (Å²) in [5, 5.41) is 11.9. The Labute approximate surface area is 116 Å². The molecule has 5 heteroatoms. The molecule has 1 saturated carbocycles. The van der Waals surface area contributed by atoms with Crippen LogP contribution in [-0.4, -0.2) is 29.6 Å². The summed E-state index contributed by atoms with van der Waals surface area (Å²) in [6.07, 6.45) is 2.34. The minimum atomic E-state index is -0.943. The Balaban J connectivity index is 1.76. The Morgan fingerprint density at radius 3 is 2.70 bits per heavy atom. The molecule has 2 atom stereocenters. The van der Waals surface area contributed by atoms with Crippen LogP contribution >= 0.6 is 0 Å². The van der Waals surface area contributed by atoms with Gasteiger partial charge in [0.1, 0.15) is 11.8 Å². The lowest BCUT2D eigenvalue weighted by atomic mass is 9.92. The van der Waals surface area contributed by atoms with Gasteiger partial charge in [0.15, 0.2) is 0 Å². The molecule has 0 spiro atoms. The van der Waals surface area contributed by atoms with Gasteiger partial charge in [0.2, 0.25) is 5.91 Å². The van der Waals surface area contributed by atoms with Gasteiger partial charge in [0.05, 0.1) is 12.5 Å². The molecule has 1 amide bonds. The second-order valence-corrected chi connectivity index (χ2v) is 5.39. The molecule has 1 aliphatic carbocycles. The van der Waals surface area contributed by atoms with Crippen molar-refractivity contribution in [3.05, 3.63) is 29.8 Å².